The van der Waals surface area contributed by atoms with Crippen LogP contribution in [-0.4, -0.2) is 0 Å². The minimum Gasteiger partial charge on any atom is -0.206 e. The van der Waals surface area contributed by atoms with Crippen molar-refractivity contribution in [2.75, 3.05) is 0 Å². The molecule has 0 unspecified atom stereocenters. The molecule has 0 saturated carbocycles. The highest BCUT2D eigenvalue weighted by atomic mass is 35.5. The van der Waals surface area contributed by atoms with Gasteiger partial charge in [-0.15, -0.1) is 0 Å². The fourth-order valence-electron chi connectivity index (χ4n) is 4.11. The predicted octanol–water partition coefficient (Wildman–Crippen LogP) is 7.98. The predicted molar refractivity (Wildman–Crippen MR) is 113 cm³/mol. The Balaban J connectivity index is 1.66. The average molecular weight is 397 g/mol. The van der Waals surface area contributed by atoms with Crippen LogP contribution in [0.2, 0.25) is 5.02 Å². The van der Waals surface area contributed by atoms with Gasteiger partial charge in [-0.05, 0) is 58.9 Å². The van der Waals surface area contributed by atoms with E-state index >= 15 is 4.39 Å². The van der Waals surface area contributed by atoms with Crippen molar-refractivity contribution in [3.63, 3.8) is 0 Å². The molecule has 0 aliphatic heterocycles. The molecule has 0 radical (unpaired) electrons. The molecule has 0 bridgehead atoms. The number of hydrogen-bond acceptors (Lipinski definition) is 0. The zero-order chi connectivity index (χ0) is 19.7. The van der Waals surface area contributed by atoms with Crippen molar-refractivity contribution in [2.45, 2.75) is 45.4 Å². The maximum absolute atomic E-state index is 15.3. The molecule has 0 amide bonds. The summed E-state index contributed by atoms with van der Waals surface area (Å²) in [6, 6.07) is 14.4. The van der Waals surface area contributed by atoms with E-state index in [1.54, 1.807) is 24.3 Å². The second-order valence-corrected chi connectivity index (χ2v) is 8.00. The first-order valence-electron chi connectivity index (χ1n) is 9.97. The third-order valence-corrected chi connectivity index (χ3v) is 5.85. The SMILES string of the molecule is CCCCCCc1ccc2c(c1)Cc1c-2cc(F)c(-c2ccc(Cl)cc2)c1F. The Morgan fingerprint density at radius 2 is 1.68 bits per heavy atom. The number of benzene rings is 3. The molecule has 0 aromatic heterocycles. The summed E-state index contributed by atoms with van der Waals surface area (Å²) in [5.41, 5.74) is 5.13. The molecule has 144 valence electrons. The topological polar surface area (TPSA) is 0 Å². The average Bonchev–Trinajstić information content (AvgIpc) is 3.05. The molecule has 0 heterocycles. The third-order valence-electron chi connectivity index (χ3n) is 5.60. The van der Waals surface area contributed by atoms with Gasteiger partial charge in [0.05, 0.1) is 5.56 Å². The van der Waals surface area contributed by atoms with Gasteiger partial charge in [0.2, 0.25) is 0 Å². The summed E-state index contributed by atoms with van der Waals surface area (Å²) in [5.74, 6) is -0.993. The monoisotopic (exact) mass is 396 g/mol. The number of unbranched alkanes of at least 4 members (excludes halogenated alkanes) is 3. The Morgan fingerprint density at radius 1 is 0.893 bits per heavy atom. The minimum atomic E-state index is -0.532. The summed E-state index contributed by atoms with van der Waals surface area (Å²) in [6.07, 6.45) is 6.44. The fourth-order valence-corrected chi connectivity index (χ4v) is 4.24. The highest BCUT2D eigenvalue weighted by molar-refractivity contribution is 6.30. The molecule has 4 rings (SSSR count). The van der Waals surface area contributed by atoms with Crippen LogP contribution < -0.4 is 0 Å². The van der Waals surface area contributed by atoms with Crippen molar-refractivity contribution >= 4 is 11.6 Å². The summed E-state index contributed by atoms with van der Waals surface area (Å²) in [6.45, 7) is 2.21. The van der Waals surface area contributed by atoms with E-state index in [2.05, 4.69) is 19.1 Å². The molecule has 0 nitrogen and oxygen atoms in total. The zero-order valence-corrected chi connectivity index (χ0v) is 16.8. The van der Waals surface area contributed by atoms with E-state index < -0.39 is 11.6 Å². The van der Waals surface area contributed by atoms with Crippen LogP contribution in [0.25, 0.3) is 22.3 Å². The van der Waals surface area contributed by atoms with Crippen molar-refractivity contribution in [3.05, 3.63) is 81.9 Å². The summed E-state index contributed by atoms with van der Waals surface area (Å²) in [5, 5.41) is 0.546. The third kappa shape index (κ3) is 3.58. The Labute approximate surface area is 170 Å². The summed E-state index contributed by atoms with van der Waals surface area (Å²) in [7, 11) is 0. The lowest BCUT2D eigenvalue weighted by atomic mass is 9.97. The molecule has 3 heteroatoms. The Kier molecular flexibility index (Phi) is 5.50. The second kappa shape index (κ2) is 8.05. The molecule has 0 atom stereocenters. The van der Waals surface area contributed by atoms with Crippen LogP contribution >= 0.6 is 11.6 Å². The smallest absolute Gasteiger partial charge is 0.138 e. The van der Waals surface area contributed by atoms with Gasteiger partial charge in [0.1, 0.15) is 11.6 Å². The van der Waals surface area contributed by atoms with E-state index in [0.29, 0.717) is 28.1 Å². The van der Waals surface area contributed by atoms with E-state index in [4.69, 9.17) is 11.6 Å². The minimum absolute atomic E-state index is 0.0306. The quantitative estimate of drug-likeness (QED) is 0.290. The van der Waals surface area contributed by atoms with Crippen molar-refractivity contribution in [3.8, 4) is 22.3 Å². The van der Waals surface area contributed by atoms with Gasteiger partial charge in [-0.1, -0.05) is 68.1 Å². The van der Waals surface area contributed by atoms with Crippen molar-refractivity contribution < 1.29 is 8.78 Å². The van der Waals surface area contributed by atoms with Gasteiger partial charge in [0.15, 0.2) is 0 Å². The van der Waals surface area contributed by atoms with Gasteiger partial charge < -0.3 is 0 Å². The normalized spacial score (nSPS) is 12.1. The second-order valence-electron chi connectivity index (χ2n) is 7.56. The molecule has 1 aliphatic carbocycles. The summed E-state index contributed by atoms with van der Waals surface area (Å²) in [4.78, 5) is 0. The lowest BCUT2D eigenvalue weighted by Gasteiger charge is -2.10. The molecule has 3 aromatic rings. The number of aryl methyl sites for hydroxylation is 1. The molecule has 3 aromatic carbocycles. The lowest BCUT2D eigenvalue weighted by molar-refractivity contribution is 0.583. The van der Waals surface area contributed by atoms with Crippen LogP contribution in [0.5, 0.6) is 0 Å². The van der Waals surface area contributed by atoms with E-state index in [1.807, 2.05) is 6.07 Å². The molecule has 28 heavy (non-hydrogen) atoms. The highest BCUT2D eigenvalue weighted by Crippen LogP contribution is 2.42. The first-order valence-corrected chi connectivity index (χ1v) is 10.3. The van der Waals surface area contributed by atoms with Crippen LogP contribution in [0.15, 0.2) is 48.5 Å². The standard InChI is InChI=1S/C25H23ClF2/c1-2-3-4-5-6-16-7-12-20-18(13-16)14-22-21(20)15-23(27)24(25(22)28)17-8-10-19(26)11-9-17/h7-13,15H,2-6,14H2,1H3. The molecule has 0 spiro atoms. The van der Waals surface area contributed by atoms with Crippen LogP contribution in [0, 0.1) is 11.6 Å². The van der Waals surface area contributed by atoms with Crippen LogP contribution in [0.1, 0.15) is 49.3 Å². The summed E-state index contributed by atoms with van der Waals surface area (Å²) < 4.78 is 30.1. The first-order chi connectivity index (χ1) is 13.6. The number of hydrogen-bond donors (Lipinski definition) is 0. The van der Waals surface area contributed by atoms with E-state index in [9.17, 15) is 4.39 Å². The van der Waals surface area contributed by atoms with Crippen LogP contribution in [0.4, 0.5) is 8.78 Å². The van der Waals surface area contributed by atoms with Crippen LogP contribution in [0.3, 0.4) is 0 Å². The van der Waals surface area contributed by atoms with E-state index in [-0.39, 0.29) is 5.56 Å². The van der Waals surface area contributed by atoms with Crippen molar-refractivity contribution in [2.24, 2.45) is 0 Å². The largest absolute Gasteiger partial charge is 0.206 e. The maximum Gasteiger partial charge on any atom is 0.138 e. The van der Waals surface area contributed by atoms with Gasteiger partial charge in [0.25, 0.3) is 0 Å². The maximum atomic E-state index is 15.3. The van der Waals surface area contributed by atoms with Gasteiger partial charge in [-0.25, -0.2) is 8.78 Å². The number of fused-ring (bicyclic) bond motifs is 3. The van der Waals surface area contributed by atoms with Gasteiger partial charge >= 0.3 is 0 Å². The Bertz CT molecular complexity index is 1010. The van der Waals surface area contributed by atoms with Crippen molar-refractivity contribution in [1.29, 1.82) is 0 Å². The Hall–Kier alpha value is -2.19. The molecular formula is C25H23ClF2. The molecule has 1 aliphatic rings. The molecule has 0 saturated heterocycles. The molecule has 0 fully saturated rings. The number of rotatable bonds is 6. The molecular weight excluding hydrogens is 374 g/mol. The zero-order valence-electron chi connectivity index (χ0n) is 16.0. The van der Waals surface area contributed by atoms with Crippen LogP contribution in [-0.2, 0) is 12.8 Å². The van der Waals surface area contributed by atoms with Gasteiger partial charge in [-0.2, -0.15) is 0 Å². The lowest BCUT2D eigenvalue weighted by Crippen LogP contribution is -1.96. The summed E-state index contributed by atoms with van der Waals surface area (Å²) >= 11 is 5.91. The van der Waals surface area contributed by atoms with Crippen molar-refractivity contribution in [1.82, 2.24) is 0 Å². The Morgan fingerprint density at radius 3 is 2.43 bits per heavy atom. The first kappa shape index (κ1) is 19.1. The van der Waals surface area contributed by atoms with Gasteiger partial charge in [-0.3, -0.25) is 0 Å². The highest BCUT2D eigenvalue weighted by Gasteiger charge is 2.27. The fraction of sp³-hybridized carbons (Fsp3) is 0.280. The molecule has 0 N–H and O–H groups in total. The van der Waals surface area contributed by atoms with E-state index in [1.165, 1.54) is 37.3 Å². The number of halogens is 3. The van der Waals surface area contributed by atoms with Gasteiger partial charge in [0, 0.05) is 17.0 Å². The van der Waals surface area contributed by atoms with E-state index in [0.717, 1.165) is 17.5 Å².